The van der Waals surface area contributed by atoms with Crippen molar-refractivity contribution in [3.63, 3.8) is 0 Å². The zero-order chi connectivity index (χ0) is 19.9. The van der Waals surface area contributed by atoms with Gasteiger partial charge in [0.05, 0.1) is 12.2 Å². The minimum absolute atomic E-state index is 0.0409. The van der Waals surface area contributed by atoms with Gasteiger partial charge in [0.25, 0.3) is 5.91 Å². The highest BCUT2D eigenvalue weighted by atomic mass is 16.2. The van der Waals surface area contributed by atoms with Crippen molar-refractivity contribution in [2.75, 3.05) is 39.3 Å². The molecule has 1 atom stereocenters. The number of carbonyl (C=O) groups excluding carboxylic acids is 2. The van der Waals surface area contributed by atoms with Crippen molar-refractivity contribution in [3.8, 4) is 0 Å². The first-order valence-corrected chi connectivity index (χ1v) is 10.4. The van der Waals surface area contributed by atoms with Gasteiger partial charge in [-0.2, -0.15) is 0 Å². The summed E-state index contributed by atoms with van der Waals surface area (Å²) in [6.07, 6.45) is 1.67. The quantitative estimate of drug-likeness (QED) is 0.834. The Labute approximate surface area is 166 Å². The molecule has 1 unspecified atom stereocenters. The maximum absolute atomic E-state index is 13.6. The van der Waals surface area contributed by atoms with Crippen LogP contribution in [0.1, 0.15) is 38.4 Å². The van der Waals surface area contributed by atoms with E-state index in [1.165, 1.54) is 5.56 Å². The van der Waals surface area contributed by atoms with Gasteiger partial charge in [-0.15, -0.1) is 0 Å². The molecule has 1 aromatic heterocycles. The standard InChI is InChI=1S/C22H30N4O2/c1-4-24(5-2)12-8-13-25-15-19(27)26-14-11-17-16-9-6-7-10-18(16)23-20(17)22(26,3)21(25)28/h6-7,9-10,23H,4-5,8,11-15H2,1-3H3. The van der Waals surface area contributed by atoms with Crippen LogP contribution in [0.4, 0.5) is 0 Å². The van der Waals surface area contributed by atoms with Gasteiger partial charge in [-0.3, -0.25) is 9.59 Å². The van der Waals surface area contributed by atoms with E-state index in [0.29, 0.717) is 13.1 Å². The number of benzene rings is 1. The fraction of sp³-hybridized carbons (Fsp3) is 0.545. The minimum Gasteiger partial charge on any atom is -0.356 e. The van der Waals surface area contributed by atoms with E-state index in [4.69, 9.17) is 0 Å². The van der Waals surface area contributed by atoms with Gasteiger partial charge in [0.2, 0.25) is 5.91 Å². The first kappa shape index (κ1) is 19.0. The van der Waals surface area contributed by atoms with Gasteiger partial charge in [0.15, 0.2) is 5.54 Å². The summed E-state index contributed by atoms with van der Waals surface area (Å²) >= 11 is 0. The third-order valence-electron chi connectivity index (χ3n) is 6.55. The molecule has 2 amide bonds. The zero-order valence-corrected chi connectivity index (χ0v) is 17.1. The molecular formula is C22H30N4O2. The van der Waals surface area contributed by atoms with E-state index in [2.05, 4.69) is 29.8 Å². The highest BCUT2D eigenvalue weighted by Crippen LogP contribution is 2.41. The van der Waals surface area contributed by atoms with Crippen molar-refractivity contribution in [2.45, 2.75) is 39.2 Å². The molecule has 6 nitrogen and oxygen atoms in total. The van der Waals surface area contributed by atoms with E-state index in [9.17, 15) is 9.59 Å². The van der Waals surface area contributed by atoms with Crippen molar-refractivity contribution in [3.05, 3.63) is 35.5 Å². The fourth-order valence-electron chi connectivity index (χ4n) is 4.89. The third kappa shape index (κ3) is 2.82. The Morgan fingerprint density at radius 2 is 1.93 bits per heavy atom. The highest BCUT2D eigenvalue weighted by molar-refractivity contribution is 6.00. The second kappa shape index (κ2) is 7.24. The first-order valence-electron chi connectivity index (χ1n) is 10.4. The molecule has 2 aliphatic heterocycles. The molecule has 0 bridgehead atoms. The van der Waals surface area contributed by atoms with Gasteiger partial charge in [-0.1, -0.05) is 32.0 Å². The molecule has 28 heavy (non-hydrogen) atoms. The molecule has 1 fully saturated rings. The Morgan fingerprint density at radius 3 is 2.68 bits per heavy atom. The summed E-state index contributed by atoms with van der Waals surface area (Å²) in [5.74, 6) is 0.0911. The number of fused-ring (bicyclic) bond motifs is 5. The minimum atomic E-state index is -0.933. The molecule has 2 aromatic rings. The van der Waals surface area contributed by atoms with Crippen molar-refractivity contribution >= 4 is 22.7 Å². The summed E-state index contributed by atoms with van der Waals surface area (Å²) in [5.41, 5.74) is 2.18. The van der Waals surface area contributed by atoms with E-state index in [0.717, 1.165) is 49.1 Å². The van der Waals surface area contributed by atoms with Gasteiger partial charge in [0, 0.05) is 24.0 Å². The van der Waals surface area contributed by atoms with Crippen LogP contribution in [0.15, 0.2) is 24.3 Å². The summed E-state index contributed by atoms with van der Waals surface area (Å²) in [7, 11) is 0. The number of amides is 2. The van der Waals surface area contributed by atoms with Crippen LogP contribution >= 0.6 is 0 Å². The number of rotatable bonds is 6. The lowest BCUT2D eigenvalue weighted by Crippen LogP contribution is -2.67. The van der Waals surface area contributed by atoms with Crippen molar-refractivity contribution < 1.29 is 9.59 Å². The number of nitrogens with zero attached hydrogens (tertiary/aromatic N) is 3. The predicted molar refractivity (Wildman–Crippen MR) is 110 cm³/mol. The molecule has 1 aromatic carbocycles. The Morgan fingerprint density at radius 1 is 1.18 bits per heavy atom. The van der Waals surface area contributed by atoms with Crippen LogP contribution in [0.3, 0.4) is 0 Å². The fourth-order valence-corrected chi connectivity index (χ4v) is 4.89. The van der Waals surface area contributed by atoms with Crippen molar-refractivity contribution in [1.29, 1.82) is 0 Å². The monoisotopic (exact) mass is 382 g/mol. The number of hydrogen-bond donors (Lipinski definition) is 1. The average molecular weight is 383 g/mol. The van der Waals surface area contributed by atoms with Crippen LogP contribution in [0.25, 0.3) is 10.9 Å². The first-order chi connectivity index (χ1) is 13.5. The Kier molecular flexibility index (Phi) is 4.91. The molecule has 6 heteroatoms. The van der Waals surface area contributed by atoms with E-state index in [1.807, 2.05) is 25.1 Å². The second-order valence-corrected chi connectivity index (χ2v) is 8.00. The van der Waals surface area contributed by atoms with Crippen molar-refractivity contribution in [2.24, 2.45) is 0 Å². The predicted octanol–water partition coefficient (Wildman–Crippen LogP) is 2.34. The molecule has 150 valence electrons. The summed E-state index contributed by atoms with van der Waals surface area (Å²) in [4.78, 5) is 35.9. The molecule has 2 aliphatic rings. The lowest BCUT2D eigenvalue weighted by Gasteiger charge is -2.49. The van der Waals surface area contributed by atoms with Crippen LogP contribution in [-0.4, -0.2) is 70.8 Å². The lowest BCUT2D eigenvalue weighted by molar-refractivity contribution is -0.166. The van der Waals surface area contributed by atoms with Crippen LogP contribution in [-0.2, 0) is 21.5 Å². The average Bonchev–Trinajstić information content (AvgIpc) is 3.09. The molecule has 4 rings (SSSR count). The summed E-state index contributed by atoms with van der Waals surface area (Å²) in [6, 6.07) is 8.16. The van der Waals surface area contributed by atoms with E-state index >= 15 is 0 Å². The van der Waals surface area contributed by atoms with E-state index in [1.54, 1.807) is 9.80 Å². The topological polar surface area (TPSA) is 59.6 Å². The number of piperazine rings is 1. The molecule has 0 aliphatic carbocycles. The number of aromatic amines is 1. The zero-order valence-electron chi connectivity index (χ0n) is 17.1. The van der Waals surface area contributed by atoms with E-state index < -0.39 is 5.54 Å². The molecule has 0 saturated carbocycles. The van der Waals surface area contributed by atoms with Crippen LogP contribution in [0, 0.1) is 0 Å². The van der Waals surface area contributed by atoms with E-state index in [-0.39, 0.29) is 18.4 Å². The van der Waals surface area contributed by atoms with Crippen LogP contribution in [0.5, 0.6) is 0 Å². The number of H-pyrrole nitrogens is 1. The summed E-state index contributed by atoms with van der Waals surface area (Å²) < 4.78 is 0. The third-order valence-corrected chi connectivity index (χ3v) is 6.55. The van der Waals surface area contributed by atoms with Crippen LogP contribution < -0.4 is 0 Å². The number of aromatic nitrogens is 1. The molecule has 1 saturated heterocycles. The van der Waals surface area contributed by atoms with Gasteiger partial charge < -0.3 is 19.7 Å². The molecule has 1 N–H and O–H groups in total. The van der Waals surface area contributed by atoms with Gasteiger partial charge >= 0.3 is 0 Å². The van der Waals surface area contributed by atoms with Gasteiger partial charge in [-0.05, 0) is 51.0 Å². The maximum atomic E-state index is 13.6. The SMILES string of the molecule is CCN(CC)CCCN1CC(=O)N2CCc3c([nH]c4ccccc34)C2(C)C1=O. The molecule has 0 radical (unpaired) electrons. The smallest absolute Gasteiger partial charge is 0.254 e. The maximum Gasteiger partial charge on any atom is 0.254 e. The molecule has 3 heterocycles. The highest BCUT2D eigenvalue weighted by Gasteiger charge is 2.53. The Hall–Kier alpha value is -2.34. The summed E-state index contributed by atoms with van der Waals surface area (Å²) in [6.45, 7) is 10.6. The van der Waals surface area contributed by atoms with Crippen molar-refractivity contribution in [1.82, 2.24) is 19.7 Å². The van der Waals surface area contributed by atoms with Gasteiger partial charge in [0.1, 0.15) is 0 Å². The number of hydrogen-bond acceptors (Lipinski definition) is 3. The lowest BCUT2D eigenvalue weighted by atomic mass is 9.83. The Bertz CT molecular complexity index is 901. The van der Waals surface area contributed by atoms with Crippen LogP contribution in [0.2, 0.25) is 0 Å². The largest absolute Gasteiger partial charge is 0.356 e. The number of carbonyl (C=O) groups is 2. The normalized spacial score (nSPS) is 22.1. The second-order valence-electron chi connectivity index (χ2n) is 8.00. The van der Waals surface area contributed by atoms with Gasteiger partial charge in [-0.25, -0.2) is 0 Å². The Balaban J connectivity index is 1.64. The molecule has 0 spiro atoms. The number of para-hydroxylation sites is 1. The molecular weight excluding hydrogens is 352 g/mol. The number of nitrogens with one attached hydrogen (secondary N) is 1. The summed E-state index contributed by atoms with van der Waals surface area (Å²) in [5, 5.41) is 1.16.